The van der Waals surface area contributed by atoms with E-state index in [4.69, 9.17) is 19.4 Å². The van der Waals surface area contributed by atoms with Gasteiger partial charge in [-0.1, -0.05) is 36.8 Å². The number of ether oxygens (including phenoxy) is 2. The topological polar surface area (TPSA) is 134 Å². The lowest BCUT2D eigenvalue weighted by Gasteiger charge is -2.20. The minimum absolute atomic E-state index is 0.0904. The van der Waals surface area contributed by atoms with Gasteiger partial charge in [0.2, 0.25) is 11.8 Å². The van der Waals surface area contributed by atoms with Crippen LogP contribution in [0.2, 0.25) is 0 Å². The van der Waals surface area contributed by atoms with Crippen molar-refractivity contribution in [3.8, 4) is 11.6 Å². The molecule has 1 heterocycles. The zero-order valence-corrected chi connectivity index (χ0v) is 25.0. The zero-order chi connectivity index (χ0) is 29.6. The van der Waals surface area contributed by atoms with Crippen LogP contribution in [0.25, 0.3) is 0 Å². The smallest absolute Gasteiger partial charge is 0.341 e. The van der Waals surface area contributed by atoms with Crippen LogP contribution in [-0.4, -0.2) is 56.1 Å². The van der Waals surface area contributed by atoms with Crippen molar-refractivity contribution in [1.29, 1.82) is 0 Å². The van der Waals surface area contributed by atoms with Crippen LogP contribution in [0.1, 0.15) is 52.9 Å². The van der Waals surface area contributed by atoms with Crippen LogP contribution in [0, 0.1) is 27.7 Å². The molecule has 0 aliphatic rings. The van der Waals surface area contributed by atoms with Gasteiger partial charge in [0.25, 0.3) is 0 Å². The SMILES string of the molecule is CCOC(=O)CN(CC)Cc1ccc(Cc2c(C)nc(N)nc2OS(=O)(=O)c2c(C)cc(C)cc2C)c(OC)c1. The van der Waals surface area contributed by atoms with E-state index < -0.39 is 10.1 Å². The molecule has 0 unspecified atom stereocenters. The number of nitrogens with zero attached hydrogens (tertiary/aromatic N) is 3. The van der Waals surface area contributed by atoms with Gasteiger partial charge in [0.1, 0.15) is 10.6 Å². The third-order valence-electron chi connectivity index (χ3n) is 6.47. The van der Waals surface area contributed by atoms with Crippen molar-refractivity contribution in [1.82, 2.24) is 14.9 Å². The lowest BCUT2D eigenvalue weighted by atomic mass is 10.0. The molecule has 10 nitrogen and oxygen atoms in total. The van der Waals surface area contributed by atoms with Gasteiger partial charge in [-0.2, -0.15) is 13.4 Å². The van der Waals surface area contributed by atoms with Crippen molar-refractivity contribution >= 4 is 22.0 Å². The fourth-order valence-corrected chi connectivity index (χ4v) is 6.06. The van der Waals surface area contributed by atoms with E-state index in [0.29, 0.717) is 47.8 Å². The van der Waals surface area contributed by atoms with Crippen LogP contribution in [-0.2, 0) is 32.6 Å². The fraction of sp³-hybridized carbons (Fsp3) is 0.414. The van der Waals surface area contributed by atoms with Crippen molar-refractivity contribution in [3.63, 3.8) is 0 Å². The van der Waals surface area contributed by atoms with Crippen LogP contribution >= 0.6 is 0 Å². The van der Waals surface area contributed by atoms with Gasteiger partial charge < -0.3 is 19.4 Å². The number of nitrogen functional groups attached to an aromatic ring is 1. The van der Waals surface area contributed by atoms with Gasteiger partial charge in [0, 0.05) is 18.5 Å². The van der Waals surface area contributed by atoms with Gasteiger partial charge in [-0.3, -0.25) is 9.69 Å². The molecule has 0 atom stereocenters. The zero-order valence-electron chi connectivity index (χ0n) is 24.2. The van der Waals surface area contributed by atoms with Gasteiger partial charge in [-0.25, -0.2) is 4.98 Å². The monoisotopic (exact) mass is 570 g/mol. The second-order valence-corrected chi connectivity index (χ2v) is 11.1. The molecule has 2 aromatic carbocycles. The molecule has 216 valence electrons. The van der Waals surface area contributed by atoms with Gasteiger partial charge in [-0.05, 0) is 69.5 Å². The summed E-state index contributed by atoms with van der Waals surface area (Å²) in [6, 6.07) is 9.32. The summed E-state index contributed by atoms with van der Waals surface area (Å²) in [4.78, 5) is 22.4. The molecule has 1 aromatic heterocycles. The number of likely N-dealkylation sites (N-methyl/N-ethyl adjacent to an activating group) is 1. The first-order valence-electron chi connectivity index (χ1n) is 13.1. The maximum Gasteiger partial charge on any atom is 0.341 e. The number of aromatic nitrogens is 2. The van der Waals surface area contributed by atoms with Crippen molar-refractivity contribution in [2.24, 2.45) is 0 Å². The maximum absolute atomic E-state index is 13.4. The molecule has 0 radical (unpaired) electrons. The predicted molar refractivity (Wildman–Crippen MR) is 153 cm³/mol. The Kier molecular flexibility index (Phi) is 10.1. The number of methoxy groups -OCH3 is 1. The molecule has 0 bridgehead atoms. The molecule has 11 heteroatoms. The molecule has 3 rings (SSSR count). The largest absolute Gasteiger partial charge is 0.496 e. The van der Waals surface area contributed by atoms with E-state index in [0.717, 1.165) is 16.7 Å². The van der Waals surface area contributed by atoms with E-state index in [-0.39, 0.29) is 35.7 Å². The van der Waals surface area contributed by atoms with Crippen LogP contribution in [0.3, 0.4) is 0 Å². The Bertz CT molecular complexity index is 1470. The molecule has 0 aliphatic heterocycles. The number of hydrogen-bond donors (Lipinski definition) is 1. The summed E-state index contributed by atoms with van der Waals surface area (Å²) in [5.74, 6) is 0.111. The van der Waals surface area contributed by atoms with Gasteiger partial charge in [0.15, 0.2) is 0 Å². The number of hydrogen-bond acceptors (Lipinski definition) is 10. The lowest BCUT2D eigenvalue weighted by Crippen LogP contribution is -2.30. The Morgan fingerprint density at radius 3 is 2.30 bits per heavy atom. The number of esters is 1. The average molecular weight is 571 g/mol. The minimum atomic E-state index is -4.21. The molecule has 0 aliphatic carbocycles. The highest BCUT2D eigenvalue weighted by Gasteiger charge is 2.26. The number of carbonyl (C=O) groups excluding carboxylic acids is 1. The summed E-state index contributed by atoms with van der Waals surface area (Å²) in [6.07, 6.45) is 0.243. The van der Waals surface area contributed by atoms with Gasteiger partial charge in [-0.15, -0.1) is 0 Å². The first-order chi connectivity index (χ1) is 18.9. The van der Waals surface area contributed by atoms with Crippen molar-refractivity contribution in [2.45, 2.75) is 59.4 Å². The standard InChI is InChI=1S/C29H38N4O6S/c1-8-33(17-26(34)38-9-2)16-22-10-11-23(25(14-22)37-7)15-24-21(6)31-29(30)32-28(24)39-40(35,36)27-19(4)12-18(3)13-20(27)5/h10-14H,8-9,15-17H2,1-7H3,(H2,30,31,32). The van der Waals surface area contributed by atoms with E-state index in [1.165, 1.54) is 0 Å². The second-order valence-electron chi connectivity index (χ2n) is 9.65. The summed E-state index contributed by atoms with van der Waals surface area (Å²) < 4.78 is 43.2. The van der Waals surface area contributed by atoms with E-state index in [9.17, 15) is 13.2 Å². The Hall–Kier alpha value is -3.70. The normalized spacial score (nSPS) is 11.5. The molecule has 2 N–H and O–H groups in total. The van der Waals surface area contributed by atoms with Crippen molar-refractivity contribution in [3.05, 3.63) is 69.4 Å². The second kappa shape index (κ2) is 13.1. The first kappa shape index (κ1) is 30.8. The lowest BCUT2D eigenvalue weighted by molar-refractivity contribution is -0.144. The molecule has 0 saturated carbocycles. The highest BCUT2D eigenvalue weighted by Crippen LogP contribution is 2.32. The Morgan fingerprint density at radius 2 is 1.70 bits per heavy atom. The van der Waals surface area contributed by atoms with E-state index in [1.807, 2.05) is 36.9 Å². The summed E-state index contributed by atoms with van der Waals surface area (Å²) in [5, 5.41) is 0. The van der Waals surface area contributed by atoms with Crippen molar-refractivity contribution < 1.29 is 26.9 Å². The molecule has 0 spiro atoms. The molecule has 0 saturated heterocycles. The summed E-state index contributed by atoms with van der Waals surface area (Å²) in [5.41, 5.74) is 10.7. The predicted octanol–water partition coefficient (Wildman–Crippen LogP) is 4.04. The summed E-state index contributed by atoms with van der Waals surface area (Å²) >= 11 is 0. The number of aryl methyl sites for hydroxylation is 4. The Morgan fingerprint density at radius 1 is 1.02 bits per heavy atom. The maximum atomic E-state index is 13.4. The van der Waals surface area contributed by atoms with Gasteiger partial charge >= 0.3 is 16.1 Å². The average Bonchev–Trinajstić information content (AvgIpc) is 2.85. The molecule has 0 amide bonds. The third-order valence-corrected chi connectivity index (χ3v) is 7.99. The van der Waals surface area contributed by atoms with E-state index >= 15 is 0 Å². The number of anilines is 1. The van der Waals surface area contributed by atoms with Crippen LogP contribution in [0.5, 0.6) is 11.6 Å². The van der Waals surface area contributed by atoms with Crippen LogP contribution in [0.15, 0.2) is 35.2 Å². The number of nitrogens with two attached hydrogens (primary N) is 1. The number of carbonyl (C=O) groups is 1. The molecule has 40 heavy (non-hydrogen) atoms. The quantitative estimate of drug-likeness (QED) is 0.251. The van der Waals surface area contributed by atoms with Crippen LogP contribution < -0.4 is 14.7 Å². The highest BCUT2D eigenvalue weighted by molar-refractivity contribution is 7.87. The summed E-state index contributed by atoms with van der Waals surface area (Å²) in [6.45, 7) is 12.6. The van der Waals surface area contributed by atoms with Gasteiger partial charge in [0.05, 0.1) is 26.0 Å². The number of benzene rings is 2. The van der Waals surface area contributed by atoms with E-state index in [2.05, 4.69) is 9.97 Å². The first-order valence-corrected chi connectivity index (χ1v) is 14.5. The van der Waals surface area contributed by atoms with Crippen molar-refractivity contribution in [2.75, 3.05) is 32.5 Å². The number of rotatable bonds is 12. The summed E-state index contributed by atoms with van der Waals surface area (Å²) in [7, 11) is -2.65. The van der Waals surface area contributed by atoms with E-state index in [1.54, 1.807) is 46.9 Å². The van der Waals surface area contributed by atoms with Crippen LogP contribution in [0.4, 0.5) is 5.95 Å². The third kappa shape index (κ3) is 7.48. The fourth-order valence-electron chi connectivity index (χ4n) is 4.72. The molecule has 0 fully saturated rings. The molecular weight excluding hydrogens is 532 g/mol. The minimum Gasteiger partial charge on any atom is -0.496 e. The Balaban J connectivity index is 1.94. The highest BCUT2D eigenvalue weighted by atomic mass is 32.2. The molecular formula is C29H38N4O6S. The molecule has 3 aromatic rings. The Labute approximate surface area is 236 Å².